The molecule has 0 bridgehead atoms. The molecule has 1 heterocycles. The molecule has 7 nitrogen and oxygen atoms in total. The van der Waals surface area contributed by atoms with Crippen molar-refractivity contribution < 1.29 is 19.4 Å². The van der Waals surface area contributed by atoms with E-state index < -0.39 is 5.97 Å². The van der Waals surface area contributed by atoms with Gasteiger partial charge in [-0.25, -0.2) is 9.48 Å². The number of aryl methyl sites for hydroxylation is 2. The molecule has 0 aliphatic heterocycles. The number of para-hydroxylation sites is 2. The number of carboxylic acid groups (broad SMARTS) is 1. The zero-order chi connectivity index (χ0) is 23.8. The summed E-state index contributed by atoms with van der Waals surface area (Å²) in [5.74, 6) is 0.862. The molecule has 0 fully saturated rings. The van der Waals surface area contributed by atoms with Gasteiger partial charge in [-0.2, -0.15) is 5.10 Å². The van der Waals surface area contributed by atoms with Gasteiger partial charge in [0, 0.05) is 18.2 Å². The van der Waals surface area contributed by atoms with Crippen molar-refractivity contribution in [3.63, 3.8) is 0 Å². The van der Waals surface area contributed by atoms with Gasteiger partial charge in [-0.05, 0) is 60.9 Å². The minimum Gasteiger partial charge on any atom is -0.482 e. The van der Waals surface area contributed by atoms with Crippen molar-refractivity contribution in [3.8, 4) is 28.5 Å². The standard InChI is InChI=1S/C27H24N2O5/c30-26-16-15-24(23-13-4-5-14-25(23)34-21-10-2-1-3-11-21)28-29(26)17-7-9-20-8-6-12-22(18-20)33-19-27(31)32/h1-6,8,10-16,18H,7,9,17,19H2,(H,31,32). The van der Waals surface area contributed by atoms with Crippen LogP contribution >= 0.6 is 0 Å². The molecule has 172 valence electrons. The summed E-state index contributed by atoms with van der Waals surface area (Å²) in [5, 5.41) is 13.3. The molecule has 0 atom stereocenters. The van der Waals surface area contributed by atoms with Crippen molar-refractivity contribution >= 4 is 5.97 Å². The SMILES string of the molecule is O=C(O)COc1cccc(CCCn2nc(-c3ccccc3Oc3ccccc3)ccc2=O)c1. The first-order valence-electron chi connectivity index (χ1n) is 10.9. The zero-order valence-corrected chi connectivity index (χ0v) is 18.5. The second kappa shape index (κ2) is 11.0. The Hall–Kier alpha value is -4.39. The molecule has 1 aromatic heterocycles. The van der Waals surface area contributed by atoms with Crippen LogP contribution in [0.2, 0.25) is 0 Å². The highest BCUT2D eigenvalue weighted by atomic mass is 16.5. The zero-order valence-electron chi connectivity index (χ0n) is 18.5. The van der Waals surface area contributed by atoms with E-state index in [-0.39, 0.29) is 12.2 Å². The smallest absolute Gasteiger partial charge is 0.341 e. The van der Waals surface area contributed by atoms with Crippen LogP contribution in [0.15, 0.2) is 95.8 Å². The topological polar surface area (TPSA) is 90.7 Å². The fourth-order valence-electron chi connectivity index (χ4n) is 3.50. The van der Waals surface area contributed by atoms with Crippen molar-refractivity contribution in [2.75, 3.05) is 6.61 Å². The van der Waals surface area contributed by atoms with Crippen LogP contribution in [0.1, 0.15) is 12.0 Å². The lowest BCUT2D eigenvalue weighted by atomic mass is 10.1. The highest BCUT2D eigenvalue weighted by Gasteiger charge is 2.10. The molecule has 0 aliphatic carbocycles. The van der Waals surface area contributed by atoms with Crippen LogP contribution in [-0.2, 0) is 17.8 Å². The molecule has 0 radical (unpaired) electrons. The minimum absolute atomic E-state index is 0.177. The van der Waals surface area contributed by atoms with Crippen LogP contribution in [0, 0.1) is 0 Å². The summed E-state index contributed by atoms with van der Waals surface area (Å²) in [6, 6.07) is 27.6. The number of carbonyl (C=O) groups is 1. The molecule has 34 heavy (non-hydrogen) atoms. The molecule has 4 aromatic rings. The lowest BCUT2D eigenvalue weighted by molar-refractivity contribution is -0.139. The Morgan fingerprint density at radius 1 is 0.882 bits per heavy atom. The summed E-state index contributed by atoms with van der Waals surface area (Å²) in [5.41, 5.74) is 2.26. The van der Waals surface area contributed by atoms with Crippen LogP contribution < -0.4 is 15.0 Å². The number of nitrogens with zero attached hydrogens (tertiary/aromatic N) is 2. The summed E-state index contributed by atoms with van der Waals surface area (Å²) in [7, 11) is 0. The van der Waals surface area contributed by atoms with E-state index in [1.807, 2.05) is 72.8 Å². The van der Waals surface area contributed by atoms with E-state index in [4.69, 9.17) is 14.6 Å². The summed E-state index contributed by atoms with van der Waals surface area (Å²) < 4.78 is 12.7. The lowest BCUT2D eigenvalue weighted by Crippen LogP contribution is -2.22. The van der Waals surface area contributed by atoms with E-state index in [0.29, 0.717) is 36.6 Å². The van der Waals surface area contributed by atoms with Crippen LogP contribution in [-0.4, -0.2) is 27.5 Å². The quantitative estimate of drug-likeness (QED) is 0.369. The Morgan fingerprint density at radius 3 is 2.47 bits per heavy atom. The van der Waals surface area contributed by atoms with E-state index in [0.717, 1.165) is 16.9 Å². The Kier molecular flexibility index (Phi) is 7.35. The van der Waals surface area contributed by atoms with E-state index >= 15 is 0 Å². The van der Waals surface area contributed by atoms with Crippen LogP contribution in [0.5, 0.6) is 17.2 Å². The molecular formula is C27H24N2O5. The fraction of sp³-hybridized carbons (Fsp3) is 0.148. The number of benzene rings is 3. The molecule has 1 N–H and O–H groups in total. The van der Waals surface area contributed by atoms with Crippen molar-refractivity contribution in [2.45, 2.75) is 19.4 Å². The molecule has 7 heteroatoms. The average molecular weight is 456 g/mol. The predicted molar refractivity (Wildman–Crippen MR) is 128 cm³/mol. The third-order valence-corrected chi connectivity index (χ3v) is 5.10. The predicted octanol–water partition coefficient (Wildman–Crippen LogP) is 4.80. The fourth-order valence-corrected chi connectivity index (χ4v) is 3.50. The highest BCUT2D eigenvalue weighted by molar-refractivity contribution is 5.68. The third kappa shape index (κ3) is 6.10. The molecule has 0 saturated carbocycles. The van der Waals surface area contributed by atoms with Gasteiger partial charge < -0.3 is 14.6 Å². The number of rotatable bonds is 10. The van der Waals surface area contributed by atoms with Gasteiger partial charge in [-0.3, -0.25) is 4.79 Å². The molecule has 3 aromatic carbocycles. The van der Waals surface area contributed by atoms with Crippen molar-refractivity contribution in [2.24, 2.45) is 0 Å². The average Bonchev–Trinajstić information content (AvgIpc) is 2.85. The van der Waals surface area contributed by atoms with Gasteiger partial charge in [0.05, 0.1) is 5.69 Å². The first kappa shape index (κ1) is 22.8. The number of carboxylic acids is 1. The molecule has 0 amide bonds. The van der Waals surface area contributed by atoms with Gasteiger partial charge in [0.2, 0.25) is 0 Å². The largest absolute Gasteiger partial charge is 0.482 e. The lowest BCUT2D eigenvalue weighted by Gasteiger charge is -2.12. The highest BCUT2D eigenvalue weighted by Crippen LogP contribution is 2.31. The van der Waals surface area contributed by atoms with E-state index in [2.05, 4.69) is 5.10 Å². The maximum absolute atomic E-state index is 12.4. The summed E-state index contributed by atoms with van der Waals surface area (Å²) >= 11 is 0. The van der Waals surface area contributed by atoms with E-state index in [1.54, 1.807) is 12.1 Å². The van der Waals surface area contributed by atoms with E-state index in [1.165, 1.54) is 10.7 Å². The number of hydrogen-bond donors (Lipinski definition) is 1. The van der Waals surface area contributed by atoms with Crippen LogP contribution in [0.4, 0.5) is 0 Å². The van der Waals surface area contributed by atoms with Crippen molar-refractivity contribution in [3.05, 3.63) is 107 Å². The first-order valence-corrected chi connectivity index (χ1v) is 10.9. The molecule has 0 spiro atoms. The van der Waals surface area contributed by atoms with Gasteiger partial charge in [-0.1, -0.05) is 42.5 Å². The van der Waals surface area contributed by atoms with Gasteiger partial charge in [0.1, 0.15) is 17.2 Å². The van der Waals surface area contributed by atoms with Gasteiger partial charge in [0.25, 0.3) is 5.56 Å². The van der Waals surface area contributed by atoms with Crippen molar-refractivity contribution in [1.29, 1.82) is 0 Å². The summed E-state index contributed by atoms with van der Waals surface area (Å²) in [6.45, 7) is 0.0552. The van der Waals surface area contributed by atoms with Gasteiger partial charge >= 0.3 is 5.97 Å². The summed E-state index contributed by atoms with van der Waals surface area (Å²) in [4.78, 5) is 23.1. The summed E-state index contributed by atoms with van der Waals surface area (Å²) in [6.07, 6.45) is 1.37. The first-order chi connectivity index (χ1) is 16.6. The van der Waals surface area contributed by atoms with E-state index in [9.17, 15) is 9.59 Å². The maximum Gasteiger partial charge on any atom is 0.341 e. The molecule has 0 saturated heterocycles. The number of aliphatic carboxylic acids is 1. The minimum atomic E-state index is -1.02. The Bertz CT molecular complexity index is 1320. The number of ether oxygens (including phenoxy) is 2. The van der Waals surface area contributed by atoms with Crippen LogP contribution in [0.25, 0.3) is 11.3 Å². The Morgan fingerprint density at radius 2 is 1.65 bits per heavy atom. The number of hydrogen-bond acceptors (Lipinski definition) is 5. The maximum atomic E-state index is 12.4. The van der Waals surface area contributed by atoms with Crippen molar-refractivity contribution in [1.82, 2.24) is 9.78 Å². The van der Waals surface area contributed by atoms with Gasteiger partial charge in [-0.15, -0.1) is 0 Å². The Labute approximate surface area is 196 Å². The Balaban J connectivity index is 1.46. The monoisotopic (exact) mass is 456 g/mol. The normalized spacial score (nSPS) is 10.6. The third-order valence-electron chi connectivity index (χ3n) is 5.10. The van der Waals surface area contributed by atoms with Gasteiger partial charge in [0.15, 0.2) is 6.61 Å². The molecule has 4 rings (SSSR count). The molecule has 0 aliphatic rings. The van der Waals surface area contributed by atoms with Crippen LogP contribution in [0.3, 0.4) is 0 Å². The second-order valence-corrected chi connectivity index (χ2v) is 7.62. The number of aromatic nitrogens is 2. The molecular weight excluding hydrogens is 432 g/mol. The molecule has 0 unspecified atom stereocenters. The second-order valence-electron chi connectivity index (χ2n) is 7.62.